The van der Waals surface area contributed by atoms with Gasteiger partial charge in [-0.05, 0) is 43.2 Å². The molecular weight excluding hydrogens is 192 g/mol. The number of carbonyl (C=O) groups is 1. The van der Waals surface area contributed by atoms with Gasteiger partial charge in [-0.15, -0.1) is 0 Å². The Kier molecular flexibility index (Phi) is 3.50. The molecule has 0 unspecified atom stereocenters. The van der Waals surface area contributed by atoms with Crippen LogP contribution in [0.25, 0.3) is 0 Å². The smallest absolute Gasteiger partial charge is 0.335 e. The summed E-state index contributed by atoms with van der Waals surface area (Å²) in [7, 11) is 0. The van der Waals surface area contributed by atoms with Crippen LogP contribution in [0, 0.1) is 6.92 Å². The van der Waals surface area contributed by atoms with E-state index in [0.717, 1.165) is 5.57 Å². The third kappa shape index (κ3) is 3.13. The van der Waals surface area contributed by atoms with Gasteiger partial charge in [0.05, 0.1) is 5.56 Å². The molecule has 0 heterocycles. The van der Waals surface area contributed by atoms with E-state index in [2.05, 4.69) is 6.58 Å². The van der Waals surface area contributed by atoms with Crippen molar-refractivity contribution in [1.82, 2.24) is 0 Å². The van der Waals surface area contributed by atoms with Crippen LogP contribution in [-0.2, 0) is 0 Å². The molecule has 0 saturated carbocycles. The molecule has 1 rings (SSSR count). The molecule has 15 heavy (non-hydrogen) atoms. The molecule has 0 aliphatic heterocycles. The Balaban J connectivity index is 2.82. The number of carboxylic acids is 1. The summed E-state index contributed by atoms with van der Waals surface area (Å²) in [6.45, 7) is 7.79. The number of ether oxygens (including phenoxy) is 1. The van der Waals surface area contributed by atoms with Gasteiger partial charge in [-0.2, -0.15) is 0 Å². The highest BCUT2D eigenvalue weighted by molar-refractivity contribution is 5.89. The Bertz CT molecular complexity index is 394. The topological polar surface area (TPSA) is 46.5 Å². The first kappa shape index (κ1) is 11.3. The highest BCUT2D eigenvalue weighted by Gasteiger charge is 2.07. The second-order valence-corrected chi connectivity index (χ2v) is 3.53. The number of hydrogen-bond acceptors (Lipinski definition) is 2. The summed E-state index contributed by atoms with van der Waals surface area (Å²) in [5.41, 5.74) is 1.93. The molecule has 0 aliphatic carbocycles. The lowest BCUT2D eigenvalue weighted by Crippen LogP contribution is -2.02. The van der Waals surface area contributed by atoms with E-state index in [9.17, 15) is 4.79 Å². The lowest BCUT2D eigenvalue weighted by atomic mass is 10.1. The van der Waals surface area contributed by atoms with Gasteiger partial charge in [-0.1, -0.05) is 6.58 Å². The molecule has 3 nitrogen and oxygen atoms in total. The number of hydrogen-bond donors (Lipinski definition) is 1. The summed E-state index contributed by atoms with van der Waals surface area (Å²) >= 11 is 0. The first-order valence-electron chi connectivity index (χ1n) is 4.62. The Morgan fingerprint density at radius 1 is 1.53 bits per heavy atom. The third-order valence-electron chi connectivity index (χ3n) is 1.91. The number of benzene rings is 1. The van der Waals surface area contributed by atoms with Gasteiger partial charge in [0.15, 0.2) is 0 Å². The zero-order valence-corrected chi connectivity index (χ0v) is 8.91. The minimum absolute atomic E-state index is 0.303. The quantitative estimate of drug-likeness (QED) is 0.770. The van der Waals surface area contributed by atoms with E-state index in [1.54, 1.807) is 25.1 Å². The van der Waals surface area contributed by atoms with E-state index in [0.29, 0.717) is 23.5 Å². The van der Waals surface area contributed by atoms with Crippen molar-refractivity contribution in [3.8, 4) is 5.75 Å². The van der Waals surface area contributed by atoms with Crippen LogP contribution in [-0.4, -0.2) is 17.7 Å². The van der Waals surface area contributed by atoms with Crippen molar-refractivity contribution in [2.45, 2.75) is 13.8 Å². The highest BCUT2D eigenvalue weighted by Crippen LogP contribution is 2.17. The van der Waals surface area contributed by atoms with Crippen molar-refractivity contribution in [2.75, 3.05) is 6.61 Å². The fourth-order valence-corrected chi connectivity index (χ4v) is 1.17. The van der Waals surface area contributed by atoms with E-state index in [1.807, 2.05) is 6.92 Å². The molecule has 0 fully saturated rings. The van der Waals surface area contributed by atoms with Gasteiger partial charge in [0.2, 0.25) is 0 Å². The summed E-state index contributed by atoms with van der Waals surface area (Å²) in [5, 5.41) is 8.82. The number of aryl methyl sites for hydroxylation is 1. The number of aromatic carboxylic acids is 1. The van der Waals surface area contributed by atoms with Gasteiger partial charge < -0.3 is 9.84 Å². The summed E-state index contributed by atoms with van der Waals surface area (Å²) in [4.78, 5) is 10.7. The van der Waals surface area contributed by atoms with Gasteiger partial charge in [0, 0.05) is 0 Å². The predicted molar refractivity (Wildman–Crippen MR) is 58.4 cm³/mol. The average Bonchev–Trinajstić information content (AvgIpc) is 2.14. The molecular formula is C12H14O3. The number of carboxylic acid groups (broad SMARTS) is 1. The van der Waals surface area contributed by atoms with E-state index in [-0.39, 0.29) is 0 Å². The van der Waals surface area contributed by atoms with Crippen molar-refractivity contribution in [2.24, 2.45) is 0 Å². The van der Waals surface area contributed by atoms with Crippen molar-refractivity contribution in [3.05, 3.63) is 41.5 Å². The van der Waals surface area contributed by atoms with Crippen LogP contribution in [0.5, 0.6) is 5.75 Å². The van der Waals surface area contributed by atoms with Crippen molar-refractivity contribution in [1.29, 1.82) is 0 Å². The fourth-order valence-electron chi connectivity index (χ4n) is 1.17. The molecule has 0 atom stereocenters. The standard InChI is InChI=1S/C12H14O3/c1-8(2)7-15-10-4-5-11(12(13)14)9(3)6-10/h4-6H,1,7H2,2-3H3,(H,13,14). The van der Waals surface area contributed by atoms with Crippen LogP contribution >= 0.6 is 0 Å². The molecule has 3 heteroatoms. The first-order chi connectivity index (χ1) is 7.00. The Morgan fingerprint density at radius 3 is 2.67 bits per heavy atom. The normalized spacial score (nSPS) is 9.73. The molecule has 0 spiro atoms. The molecule has 80 valence electrons. The van der Waals surface area contributed by atoms with E-state index < -0.39 is 5.97 Å². The summed E-state index contributed by atoms with van der Waals surface area (Å²) in [5.74, 6) is -0.251. The molecule has 0 radical (unpaired) electrons. The van der Waals surface area contributed by atoms with Crippen LogP contribution < -0.4 is 4.74 Å². The maximum absolute atomic E-state index is 10.7. The van der Waals surface area contributed by atoms with Crippen molar-refractivity contribution in [3.63, 3.8) is 0 Å². The first-order valence-corrected chi connectivity index (χ1v) is 4.62. The SMILES string of the molecule is C=C(C)COc1ccc(C(=O)O)c(C)c1. The molecule has 0 aromatic heterocycles. The van der Waals surface area contributed by atoms with Crippen LogP contribution in [0.3, 0.4) is 0 Å². The molecule has 1 aromatic carbocycles. The fraction of sp³-hybridized carbons (Fsp3) is 0.250. The average molecular weight is 206 g/mol. The second kappa shape index (κ2) is 4.64. The van der Waals surface area contributed by atoms with Gasteiger partial charge in [0.1, 0.15) is 12.4 Å². The lowest BCUT2D eigenvalue weighted by Gasteiger charge is -2.07. The molecule has 0 bridgehead atoms. The molecule has 1 aromatic rings. The van der Waals surface area contributed by atoms with E-state index in [4.69, 9.17) is 9.84 Å². The molecule has 1 N–H and O–H groups in total. The van der Waals surface area contributed by atoms with Crippen LogP contribution in [0.4, 0.5) is 0 Å². The molecule has 0 saturated heterocycles. The molecule has 0 amide bonds. The predicted octanol–water partition coefficient (Wildman–Crippen LogP) is 2.65. The summed E-state index contributed by atoms with van der Waals surface area (Å²) in [6.07, 6.45) is 0. The summed E-state index contributed by atoms with van der Waals surface area (Å²) < 4.78 is 5.39. The minimum atomic E-state index is -0.918. The summed E-state index contributed by atoms with van der Waals surface area (Å²) in [6, 6.07) is 4.91. The third-order valence-corrected chi connectivity index (χ3v) is 1.91. The van der Waals surface area contributed by atoms with E-state index >= 15 is 0 Å². The van der Waals surface area contributed by atoms with Crippen LogP contribution in [0.15, 0.2) is 30.4 Å². The van der Waals surface area contributed by atoms with Crippen molar-refractivity contribution < 1.29 is 14.6 Å². The maximum atomic E-state index is 10.7. The Hall–Kier alpha value is -1.77. The van der Waals surface area contributed by atoms with Gasteiger partial charge >= 0.3 is 5.97 Å². The van der Waals surface area contributed by atoms with Crippen LogP contribution in [0.1, 0.15) is 22.8 Å². The minimum Gasteiger partial charge on any atom is -0.489 e. The van der Waals surface area contributed by atoms with E-state index in [1.165, 1.54) is 0 Å². The Labute approximate surface area is 89.0 Å². The largest absolute Gasteiger partial charge is 0.489 e. The van der Waals surface area contributed by atoms with Gasteiger partial charge in [-0.25, -0.2) is 4.79 Å². The Morgan fingerprint density at radius 2 is 2.20 bits per heavy atom. The lowest BCUT2D eigenvalue weighted by molar-refractivity contribution is 0.0696. The van der Waals surface area contributed by atoms with Crippen molar-refractivity contribution >= 4 is 5.97 Å². The maximum Gasteiger partial charge on any atom is 0.335 e. The molecule has 0 aliphatic rings. The van der Waals surface area contributed by atoms with Gasteiger partial charge in [0.25, 0.3) is 0 Å². The van der Waals surface area contributed by atoms with Gasteiger partial charge in [-0.3, -0.25) is 0 Å². The second-order valence-electron chi connectivity index (χ2n) is 3.53. The van der Waals surface area contributed by atoms with Crippen LogP contribution in [0.2, 0.25) is 0 Å². The number of rotatable bonds is 4. The zero-order chi connectivity index (χ0) is 11.4. The monoisotopic (exact) mass is 206 g/mol. The zero-order valence-electron chi connectivity index (χ0n) is 8.91. The highest BCUT2D eigenvalue weighted by atomic mass is 16.5.